The van der Waals surface area contributed by atoms with Crippen LogP contribution in [-0.4, -0.2) is 37.2 Å². The molecule has 1 fully saturated rings. The SMILES string of the molecule is NCCc1nc(C(=O)NCCCOCC2CC2)cs1. The smallest absolute Gasteiger partial charge is 0.270 e. The summed E-state index contributed by atoms with van der Waals surface area (Å²) in [6.45, 7) is 2.79. The molecule has 6 heteroatoms. The Kier molecular flexibility index (Phi) is 5.75. The Hall–Kier alpha value is -0.980. The molecular formula is C13H21N3O2S. The summed E-state index contributed by atoms with van der Waals surface area (Å²) in [5.41, 5.74) is 5.94. The first-order valence-electron chi connectivity index (χ1n) is 6.80. The maximum atomic E-state index is 11.8. The number of nitrogens with zero attached hydrogens (tertiary/aromatic N) is 1. The van der Waals surface area contributed by atoms with E-state index in [-0.39, 0.29) is 5.91 Å². The van der Waals surface area contributed by atoms with Crippen molar-refractivity contribution in [2.45, 2.75) is 25.7 Å². The van der Waals surface area contributed by atoms with Gasteiger partial charge in [0.1, 0.15) is 5.69 Å². The van der Waals surface area contributed by atoms with Crippen molar-refractivity contribution < 1.29 is 9.53 Å². The van der Waals surface area contributed by atoms with E-state index in [1.54, 1.807) is 5.38 Å². The zero-order chi connectivity index (χ0) is 13.5. The standard InChI is InChI=1S/C13H21N3O2S/c14-5-4-12-16-11(9-19-12)13(17)15-6-1-7-18-8-10-2-3-10/h9-10H,1-8,14H2,(H,15,17). The molecule has 0 aliphatic heterocycles. The molecule has 19 heavy (non-hydrogen) atoms. The monoisotopic (exact) mass is 283 g/mol. The number of carbonyl (C=O) groups is 1. The van der Waals surface area contributed by atoms with E-state index in [9.17, 15) is 4.79 Å². The highest BCUT2D eigenvalue weighted by molar-refractivity contribution is 7.09. The highest BCUT2D eigenvalue weighted by Gasteiger charge is 2.20. The van der Waals surface area contributed by atoms with Gasteiger partial charge in [0.2, 0.25) is 0 Å². The van der Waals surface area contributed by atoms with Crippen LogP contribution in [0.3, 0.4) is 0 Å². The zero-order valence-electron chi connectivity index (χ0n) is 11.1. The van der Waals surface area contributed by atoms with Crippen molar-refractivity contribution in [1.29, 1.82) is 0 Å². The minimum atomic E-state index is -0.110. The average Bonchev–Trinajstić information content (AvgIpc) is 3.11. The van der Waals surface area contributed by atoms with Crippen LogP contribution in [0.4, 0.5) is 0 Å². The van der Waals surface area contributed by atoms with Gasteiger partial charge in [-0.25, -0.2) is 4.98 Å². The number of amides is 1. The molecule has 106 valence electrons. The van der Waals surface area contributed by atoms with Crippen LogP contribution < -0.4 is 11.1 Å². The fourth-order valence-electron chi connectivity index (χ4n) is 1.65. The highest BCUT2D eigenvalue weighted by atomic mass is 32.1. The molecule has 1 aliphatic carbocycles. The van der Waals surface area contributed by atoms with Crippen LogP contribution in [0, 0.1) is 5.92 Å². The Morgan fingerprint density at radius 3 is 3.16 bits per heavy atom. The molecule has 5 nitrogen and oxygen atoms in total. The van der Waals surface area contributed by atoms with E-state index in [4.69, 9.17) is 10.5 Å². The number of aromatic nitrogens is 1. The van der Waals surface area contributed by atoms with Crippen LogP contribution >= 0.6 is 11.3 Å². The van der Waals surface area contributed by atoms with Crippen molar-refractivity contribution >= 4 is 17.2 Å². The van der Waals surface area contributed by atoms with E-state index in [1.165, 1.54) is 24.2 Å². The summed E-state index contributed by atoms with van der Waals surface area (Å²) in [6.07, 6.45) is 4.20. The molecule has 0 bridgehead atoms. The van der Waals surface area contributed by atoms with Crippen LogP contribution in [-0.2, 0) is 11.2 Å². The maximum absolute atomic E-state index is 11.8. The predicted octanol–water partition coefficient (Wildman–Crippen LogP) is 1.19. The summed E-state index contributed by atoms with van der Waals surface area (Å²) in [6, 6.07) is 0. The van der Waals surface area contributed by atoms with Gasteiger partial charge < -0.3 is 15.8 Å². The second-order valence-corrected chi connectivity index (χ2v) is 5.74. The van der Waals surface area contributed by atoms with Crippen molar-refractivity contribution in [2.24, 2.45) is 11.7 Å². The van der Waals surface area contributed by atoms with E-state index in [1.807, 2.05) is 0 Å². The lowest BCUT2D eigenvalue weighted by molar-refractivity contribution is 0.0933. The van der Waals surface area contributed by atoms with Gasteiger partial charge in [-0.2, -0.15) is 0 Å². The minimum absolute atomic E-state index is 0.110. The van der Waals surface area contributed by atoms with E-state index >= 15 is 0 Å². The third-order valence-electron chi connectivity index (χ3n) is 2.94. The molecule has 0 saturated heterocycles. The van der Waals surface area contributed by atoms with Crippen molar-refractivity contribution in [3.8, 4) is 0 Å². The zero-order valence-corrected chi connectivity index (χ0v) is 11.9. The van der Waals surface area contributed by atoms with Gasteiger partial charge in [-0.3, -0.25) is 4.79 Å². The molecule has 1 saturated carbocycles. The van der Waals surface area contributed by atoms with Crippen LogP contribution in [0.15, 0.2) is 5.38 Å². The number of ether oxygens (including phenoxy) is 1. The Labute approximate surface area is 117 Å². The molecule has 1 heterocycles. The number of thiazole rings is 1. The molecule has 0 radical (unpaired) electrons. The topological polar surface area (TPSA) is 77.2 Å². The highest BCUT2D eigenvalue weighted by Crippen LogP contribution is 2.28. The van der Waals surface area contributed by atoms with E-state index < -0.39 is 0 Å². The minimum Gasteiger partial charge on any atom is -0.381 e. The lowest BCUT2D eigenvalue weighted by Gasteiger charge is -2.04. The molecule has 0 aromatic carbocycles. The molecule has 0 spiro atoms. The number of nitrogens with two attached hydrogens (primary N) is 1. The number of rotatable bonds is 9. The maximum Gasteiger partial charge on any atom is 0.270 e. The van der Waals surface area contributed by atoms with Crippen molar-refractivity contribution in [2.75, 3.05) is 26.3 Å². The lowest BCUT2D eigenvalue weighted by atomic mass is 10.4. The first-order chi connectivity index (χ1) is 9.29. The van der Waals surface area contributed by atoms with E-state index in [2.05, 4.69) is 10.3 Å². The Morgan fingerprint density at radius 2 is 2.42 bits per heavy atom. The second kappa shape index (κ2) is 7.57. The Morgan fingerprint density at radius 1 is 1.58 bits per heavy atom. The molecule has 1 aromatic heterocycles. The van der Waals surface area contributed by atoms with Crippen molar-refractivity contribution in [3.63, 3.8) is 0 Å². The summed E-state index contributed by atoms with van der Waals surface area (Å²) >= 11 is 1.48. The molecule has 1 aliphatic rings. The third-order valence-corrected chi connectivity index (χ3v) is 3.85. The Bertz CT molecular complexity index is 404. The first-order valence-corrected chi connectivity index (χ1v) is 7.68. The number of nitrogens with one attached hydrogen (secondary N) is 1. The van der Waals surface area contributed by atoms with E-state index in [0.717, 1.165) is 30.4 Å². The summed E-state index contributed by atoms with van der Waals surface area (Å²) in [7, 11) is 0. The quantitative estimate of drug-likeness (QED) is 0.667. The summed E-state index contributed by atoms with van der Waals surface area (Å²) in [4.78, 5) is 16.0. The summed E-state index contributed by atoms with van der Waals surface area (Å²) < 4.78 is 5.50. The molecule has 1 aromatic rings. The largest absolute Gasteiger partial charge is 0.381 e. The van der Waals surface area contributed by atoms with Gasteiger partial charge >= 0.3 is 0 Å². The summed E-state index contributed by atoms with van der Waals surface area (Å²) in [5, 5.41) is 5.55. The summed E-state index contributed by atoms with van der Waals surface area (Å²) in [5.74, 6) is 0.687. The van der Waals surface area contributed by atoms with Crippen molar-refractivity contribution in [1.82, 2.24) is 10.3 Å². The van der Waals surface area contributed by atoms with Gasteiger partial charge in [-0.15, -0.1) is 11.3 Å². The molecule has 3 N–H and O–H groups in total. The normalized spacial score (nSPS) is 14.6. The van der Waals surface area contributed by atoms with Crippen LogP contribution in [0.5, 0.6) is 0 Å². The van der Waals surface area contributed by atoms with Gasteiger partial charge in [0.15, 0.2) is 0 Å². The average molecular weight is 283 g/mol. The van der Waals surface area contributed by atoms with Crippen LogP contribution in [0.25, 0.3) is 0 Å². The number of hydrogen-bond donors (Lipinski definition) is 2. The van der Waals surface area contributed by atoms with Crippen LogP contribution in [0.1, 0.15) is 34.8 Å². The van der Waals surface area contributed by atoms with E-state index in [0.29, 0.717) is 25.4 Å². The molecular weight excluding hydrogens is 262 g/mol. The van der Waals surface area contributed by atoms with Gasteiger partial charge in [-0.1, -0.05) is 0 Å². The Balaban J connectivity index is 1.57. The lowest BCUT2D eigenvalue weighted by Crippen LogP contribution is -2.25. The predicted molar refractivity (Wildman–Crippen MR) is 75.4 cm³/mol. The number of hydrogen-bond acceptors (Lipinski definition) is 5. The van der Waals surface area contributed by atoms with Gasteiger partial charge in [0.25, 0.3) is 5.91 Å². The van der Waals surface area contributed by atoms with Gasteiger partial charge in [0, 0.05) is 31.6 Å². The van der Waals surface area contributed by atoms with Gasteiger partial charge in [0.05, 0.1) is 5.01 Å². The fraction of sp³-hybridized carbons (Fsp3) is 0.692. The molecule has 1 amide bonds. The third kappa shape index (κ3) is 5.26. The number of carbonyl (C=O) groups excluding carboxylic acids is 1. The molecule has 2 rings (SSSR count). The van der Waals surface area contributed by atoms with Crippen molar-refractivity contribution in [3.05, 3.63) is 16.1 Å². The molecule has 0 atom stereocenters. The van der Waals surface area contributed by atoms with Crippen LogP contribution in [0.2, 0.25) is 0 Å². The first kappa shape index (κ1) is 14.4. The van der Waals surface area contributed by atoms with Gasteiger partial charge in [-0.05, 0) is 31.7 Å². The fourth-order valence-corrected chi connectivity index (χ4v) is 2.45. The molecule has 0 unspecified atom stereocenters. The second-order valence-electron chi connectivity index (χ2n) is 4.79.